The fraction of sp³-hybridized carbons (Fsp3) is 1.00. The Morgan fingerprint density at radius 3 is 2.41 bits per heavy atom. The Bertz CT molecular complexity index is 312. The molecule has 0 N–H and O–H groups in total. The van der Waals surface area contributed by atoms with Gasteiger partial charge in [0.2, 0.25) is 10.0 Å². The van der Waals surface area contributed by atoms with E-state index in [2.05, 4.69) is 18.7 Å². The van der Waals surface area contributed by atoms with Gasteiger partial charge in [0.05, 0.1) is 5.75 Å². The molecule has 4 nitrogen and oxygen atoms in total. The lowest BCUT2D eigenvalue weighted by molar-refractivity contribution is 0.224. The third kappa shape index (κ3) is 3.93. The fourth-order valence-electron chi connectivity index (χ4n) is 2.46. The molecule has 1 unspecified atom stereocenters. The molecule has 102 valence electrons. The van der Waals surface area contributed by atoms with E-state index in [1.165, 1.54) is 0 Å². The molecular weight excluding hydrogens is 236 g/mol. The maximum absolute atomic E-state index is 12.0. The van der Waals surface area contributed by atoms with Crippen molar-refractivity contribution in [2.45, 2.75) is 46.1 Å². The number of rotatable bonds is 7. The SMILES string of the molecule is CCCCS(=O)(=O)N1CCC(N(CC)CC)C1. The van der Waals surface area contributed by atoms with E-state index >= 15 is 0 Å². The Kier molecular flexibility index (Phi) is 5.89. The molecule has 1 rings (SSSR count). The molecule has 0 saturated carbocycles. The summed E-state index contributed by atoms with van der Waals surface area (Å²) in [5, 5.41) is 0. The van der Waals surface area contributed by atoms with Crippen molar-refractivity contribution in [2.24, 2.45) is 0 Å². The maximum atomic E-state index is 12.0. The monoisotopic (exact) mass is 262 g/mol. The smallest absolute Gasteiger partial charge is 0.214 e. The number of hydrogen-bond acceptors (Lipinski definition) is 3. The lowest BCUT2D eigenvalue weighted by atomic mass is 10.2. The number of sulfonamides is 1. The second kappa shape index (κ2) is 6.71. The van der Waals surface area contributed by atoms with Gasteiger partial charge in [-0.05, 0) is 25.9 Å². The van der Waals surface area contributed by atoms with Gasteiger partial charge in [-0.2, -0.15) is 0 Å². The highest BCUT2D eigenvalue weighted by atomic mass is 32.2. The van der Waals surface area contributed by atoms with Crippen LogP contribution in [-0.2, 0) is 10.0 Å². The van der Waals surface area contributed by atoms with Crippen LogP contribution >= 0.6 is 0 Å². The standard InChI is InChI=1S/C12H26N2O2S/c1-4-7-10-17(15,16)14-9-8-12(11-14)13(5-2)6-3/h12H,4-11H2,1-3H3. The van der Waals surface area contributed by atoms with Crippen LogP contribution in [0.1, 0.15) is 40.0 Å². The second-order valence-corrected chi connectivity index (χ2v) is 6.78. The van der Waals surface area contributed by atoms with Crippen LogP contribution in [0.4, 0.5) is 0 Å². The summed E-state index contributed by atoms with van der Waals surface area (Å²) in [6.45, 7) is 9.70. The van der Waals surface area contributed by atoms with Crippen molar-refractivity contribution in [2.75, 3.05) is 31.9 Å². The van der Waals surface area contributed by atoms with Crippen molar-refractivity contribution in [3.8, 4) is 0 Å². The average molecular weight is 262 g/mol. The Morgan fingerprint density at radius 1 is 1.24 bits per heavy atom. The van der Waals surface area contributed by atoms with Crippen molar-refractivity contribution in [1.29, 1.82) is 0 Å². The highest BCUT2D eigenvalue weighted by molar-refractivity contribution is 7.89. The molecule has 0 aromatic rings. The van der Waals surface area contributed by atoms with Crippen molar-refractivity contribution in [3.05, 3.63) is 0 Å². The predicted molar refractivity (Wildman–Crippen MR) is 71.6 cm³/mol. The number of hydrogen-bond donors (Lipinski definition) is 0. The van der Waals surface area contributed by atoms with Crippen LogP contribution in [0.15, 0.2) is 0 Å². The molecule has 0 aromatic heterocycles. The molecule has 0 aromatic carbocycles. The zero-order valence-corrected chi connectivity index (χ0v) is 12.2. The first-order valence-electron chi connectivity index (χ1n) is 6.77. The van der Waals surface area contributed by atoms with Crippen LogP contribution in [0.5, 0.6) is 0 Å². The summed E-state index contributed by atoms with van der Waals surface area (Å²) in [5.74, 6) is 0.314. The molecule has 1 heterocycles. The van der Waals surface area contributed by atoms with E-state index in [0.29, 0.717) is 24.9 Å². The summed E-state index contributed by atoms with van der Waals surface area (Å²) in [7, 11) is -3.00. The number of likely N-dealkylation sites (N-methyl/N-ethyl adjacent to an activating group) is 1. The normalized spacial score (nSPS) is 22.5. The minimum Gasteiger partial charge on any atom is -0.300 e. The Labute approximate surface area is 106 Å². The van der Waals surface area contributed by atoms with Crippen LogP contribution in [-0.4, -0.2) is 55.6 Å². The van der Waals surface area contributed by atoms with Crippen molar-refractivity contribution < 1.29 is 8.42 Å². The molecular formula is C12H26N2O2S. The number of nitrogens with zero attached hydrogens (tertiary/aromatic N) is 2. The average Bonchev–Trinajstić information content (AvgIpc) is 2.78. The molecule has 0 aliphatic carbocycles. The molecule has 0 amide bonds. The van der Waals surface area contributed by atoms with Gasteiger partial charge in [0.1, 0.15) is 0 Å². The molecule has 1 aliphatic rings. The van der Waals surface area contributed by atoms with Gasteiger partial charge in [0.15, 0.2) is 0 Å². The molecule has 0 spiro atoms. The highest BCUT2D eigenvalue weighted by Gasteiger charge is 2.32. The lowest BCUT2D eigenvalue weighted by Crippen LogP contribution is -2.39. The zero-order chi connectivity index (χ0) is 12.9. The zero-order valence-electron chi connectivity index (χ0n) is 11.4. The van der Waals surface area contributed by atoms with Gasteiger partial charge in [-0.15, -0.1) is 0 Å². The summed E-state index contributed by atoms with van der Waals surface area (Å²) in [5.41, 5.74) is 0. The van der Waals surface area contributed by atoms with E-state index in [0.717, 1.165) is 32.4 Å². The Morgan fingerprint density at radius 2 is 1.88 bits per heavy atom. The van der Waals surface area contributed by atoms with E-state index < -0.39 is 10.0 Å². The van der Waals surface area contributed by atoms with E-state index in [1.807, 2.05) is 6.92 Å². The van der Waals surface area contributed by atoms with Crippen LogP contribution < -0.4 is 0 Å². The summed E-state index contributed by atoms with van der Waals surface area (Å²) >= 11 is 0. The van der Waals surface area contributed by atoms with Gasteiger partial charge >= 0.3 is 0 Å². The lowest BCUT2D eigenvalue weighted by Gasteiger charge is -2.26. The van der Waals surface area contributed by atoms with Gasteiger partial charge < -0.3 is 0 Å². The van der Waals surface area contributed by atoms with E-state index in [1.54, 1.807) is 4.31 Å². The quantitative estimate of drug-likeness (QED) is 0.698. The summed E-state index contributed by atoms with van der Waals surface area (Å²) in [4.78, 5) is 2.36. The summed E-state index contributed by atoms with van der Waals surface area (Å²) in [6, 6.07) is 0.418. The van der Waals surface area contributed by atoms with E-state index in [9.17, 15) is 8.42 Å². The summed E-state index contributed by atoms with van der Waals surface area (Å²) < 4.78 is 25.8. The van der Waals surface area contributed by atoms with Crippen LogP contribution in [0.3, 0.4) is 0 Å². The summed E-state index contributed by atoms with van der Waals surface area (Å²) in [6.07, 6.45) is 2.69. The van der Waals surface area contributed by atoms with Gasteiger partial charge in [-0.25, -0.2) is 12.7 Å². The van der Waals surface area contributed by atoms with Crippen molar-refractivity contribution in [1.82, 2.24) is 9.21 Å². The van der Waals surface area contributed by atoms with Gasteiger partial charge in [0, 0.05) is 19.1 Å². The second-order valence-electron chi connectivity index (χ2n) is 4.69. The van der Waals surface area contributed by atoms with Crippen LogP contribution in [0.25, 0.3) is 0 Å². The van der Waals surface area contributed by atoms with Gasteiger partial charge in [-0.1, -0.05) is 27.2 Å². The third-order valence-corrected chi connectivity index (χ3v) is 5.53. The minimum absolute atomic E-state index is 0.314. The molecule has 1 saturated heterocycles. The van der Waals surface area contributed by atoms with E-state index in [-0.39, 0.29) is 0 Å². The first-order valence-corrected chi connectivity index (χ1v) is 8.37. The van der Waals surface area contributed by atoms with Crippen molar-refractivity contribution >= 4 is 10.0 Å². The van der Waals surface area contributed by atoms with Crippen LogP contribution in [0.2, 0.25) is 0 Å². The van der Waals surface area contributed by atoms with Gasteiger partial charge in [0.25, 0.3) is 0 Å². The fourth-order valence-corrected chi connectivity index (χ4v) is 4.15. The first-order chi connectivity index (χ1) is 8.05. The molecule has 0 bridgehead atoms. The first kappa shape index (κ1) is 14.9. The largest absolute Gasteiger partial charge is 0.300 e. The molecule has 5 heteroatoms. The van der Waals surface area contributed by atoms with E-state index in [4.69, 9.17) is 0 Å². The Balaban J connectivity index is 2.54. The van der Waals surface area contributed by atoms with Crippen molar-refractivity contribution in [3.63, 3.8) is 0 Å². The van der Waals surface area contributed by atoms with Gasteiger partial charge in [-0.3, -0.25) is 4.90 Å². The molecule has 1 fully saturated rings. The molecule has 17 heavy (non-hydrogen) atoms. The minimum atomic E-state index is -3.00. The molecule has 0 radical (unpaired) electrons. The van der Waals surface area contributed by atoms with Crippen LogP contribution in [0, 0.1) is 0 Å². The topological polar surface area (TPSA) is 40.6 Å². The molecule has 1 aliphatic heterocycles. The predicted octanol–water partition coefficient (Wildman–Crippen LogP) is 1.53. The molecule has 1 atom stereocenters. The Hall–Kier alpha value is -0.130. The third-order valence-electron chi connectivity index (χ3n) is 3.60. The number of unbranched alkanes of at least 4 members (excludes halogenated alkanes) is 1. The highest BCUT2D eigenvalue weighted by Crippen LogP contribution is 2.19. The maximum Gasteiger partial charge on any atom is 0.214 e.